The Hall–Kier alpha value is -3.14. The van der Waals surface area contributed by atoms with E-state index < -0.39 is 0 Å². The Morgan fingerprint density at radius 3 is 2.42 bits per heavy atom. The van der Waals surface area contributed by atoms with E-state index in [4.69, 9.17) is 0 Å². The molecule has 0 saturated heterocycles. The number of nitrogens with zero attached hydrogens (tertiary/aromatic N) is 2. The second-order valence-electron chi connectivity index (χ2n) is 5.74. The number of hydrogen-bond donors (Lipinski definition) is 2. The fraction of sp³-hybridized carbons (Fsp3) is 0.182. The van der Waals surface area contributed by atoms with Gasteiger partial charge >= 0.3 is 0 Å². The average molecular weight is 346 g/mol. The number of rotatable bonds is 5. The molecule has 1 aliphatic rings. The van der Waals surface area contributed by atoms with Crippen LogP contribution in [0.15, 0.2) is 84.4 Å². The summed E-state index contributed by atoms with van der Waals surface area (Å²) in [4.78, 5) is 8.53. The molecule has 1 aromatic carbocycles. The predicted molar refractivity (Wildman–Crippen MR) is 114 cm³/mol. The third-order valence-electron chi connectivity index (χ3n) is 3.91. The van der Waals surface area contributed by atoms with Gasteiger partial charge in [-0.1, -0.05) is 24.8 Å². The third-order valence-corrected chi connectivity index (χ3v) is 3.91. The number of aliphatic imine (C=N–C) groups is 1. The summed E-state index contributed by atoms with van der Waals surface area (Å²) in [5.41, 5.74) is 6.18. The van der Waals surface area contributed by atoms with Gasteiger partial charge in [0.25, 0.3) is 0 Å². The van der Waals surface area contributed by atoms with Crippen molar-refractivity contribution < 1.29 is 0 Å². The van der Waals surface area contributed by atoms with E-state index >= 15 is 0 Å². The highest BCUT2D eigenvalue weighted by Gasteiger charge is 2.14. The van der Waals surface area contributed by atoms with Crippen LogP contribution in [-0.2, 0) is 0 Å². The van der Waals surface area contributed by atoms with E-state index in [0.717, 1.165) is 34.8 Å². The molecule has 1 aromatic heterocycles. The lowest BCUT2D eigenvalue weighted by molar-refractivity contribution is 1.31. The zero-order valence-corrected chi connectivity index (χ0v) is 15.7. The van der Waals surface area contributed by atoms with E-state index in [1.165, 1.54) is 5.57 Å². The fourth-order valence-corrected chi connectivity index (χ4v) is 2.35. The molecule has 0 aliphatic carbocycles. The Morgan fingerprint density at radius 1 is 1.08 bits per heavy atom. The largest absolute Gasteiger partial charge is 0.388 e. The topological polar surface area (TPSA) is 49.3 Å². The molecule has 0 saturated carbocycles. The molecule has 0 fully saturated rings. The molecule has 0 spiro atoms. The quantitative estimate of drug-likeness (QED) is 0.701. The molecule has 0 radical (unpaired) electrons. The molecule has 4 heteroatoms. The van der Waals surface area contributed by atoms with E-state index in [0.29, 0.717) is 0 Å². The third kappa shape index (κ3) is 5.45. The number of anilines is 2. The van der Waals surface area contributed by atoms with Gasteiger partial charge in [-0.15, -0.1) is 0 Å². The molecule has 1 aliphatic heterocycles. The molecule has 0 atom stereocenters. The van der Waals surface area contributed by atoms with Gasteiger partial charge in [0.1, 0.15) is 0 Å². The van der Waals surface area contributed by atoms with E-state index in [9.17, 15) is 0 Å². The number of aromatic nitrogens is 1. The molecule has 0 bridgehead atoms. The monoisotopic (exact) mass is 346 g/mol. The van der Waals surface area contributed by atoms with Crippen LogP contribution in [0.3, 0.4) is 0 Å². The summed E-state index contributed by atoms with van der Waals surface area (Å²) in [7, 11) is 1.90. The van der Waals surface area contributed by atoms with Gasteiger partial charge in [0, 0.05) is 43.4 Å². The molecule has 26 heavy (non-hydrogen) atoms. The smallest absolute Gasteiger partial charge is 0.0676 e. The summed E-state index contributed by atoms with van der Waals surface area (Å²) in [6, 6.07) is 12.1. The molecular weight excluding hydrogens is 320 g/mol. The van der Waals surface area contributed by atoms with Crippen LogP contribution in [0, 0.1) is 0 Å². The van der Waals surface area contributed by atoms with E-state index in [1.807, 2.05) is 75.6 Å². The summed E-state index contributed by atoms with van der Waals surface area (Å²) >= 11 is 0. The fourth-order valence-electron chi connectivity index (χ4n) is 2.35. The first-order chi connectivity index (χ1) is 12.7. The summed E-state index contributed by atoms with van der Waals surface area (Å²) < 4.78 is 0. The minimum atomic E-state index is 0.779. The molecule has 2 aromatic rings. The highest BCUT2D eigenvalue weighted by molar-refractivity contribution is 6.10. The minimum absolute atomic E-state index is 0.779. The Labute approximate surface area is 156 Å². The molecule has 0 unspecified atom stereocenters. The van der Waals surface area contributed by atoms with Gasteiger partial charge in [-0.25, -0.2) is 0 Å². The van der Waals surface area contributed by atoms with Crippen molar-refractivity contribution in [3.8, 4) is 0 Å². The Balaban J connectivity index is 0.000000552. The number of benzene rings is 1. The summed E-state index contributed by atoms with van der Waals surface area (Å²) in [6.45, 7) is 8.11. The first kappa shape index (κ1) is 19.2. The van der Waals surface area contributed by atoms with Crippen LogP contribution in [-0.4, -0.2) is 17.7 Å². The summed E-state index contributed by atoms with van der Waals surface area (Å²) in [5, 5.41) is 6.44. The SMILES string of the molecule is C/C=C\C.C=C(Nc1cccc(NC)c1)C1=NC=C(c2ccncc2)C1. The van der Waals surface area contributed by atoms with Crippen LogP contribution in [0.25, 0.3) is 5.57 Å². The van der Waals surface area contributed by atoms with Crippen LogP contribution in [0.1, 0.15) is 25.8 Å². The number of allylic oxidation sites excluding steroid dienone is 4. The first-order valence-electron chi connectivity index (χ1n) is 8.65. The molecule has 4 nitrogen and oxygen atoms in total. The lowest BCUT2D eigenvalue weighted by Crippen LogP contribution is -2.09. The summed E-state index contributed by atoms with van der Waals surface area (Å²) in [5.74, 6) is 0. The van der Waals surface area contributed by atoms with E-state index in [-0.39, 0.29) is 0 Å². The second-order valence-corrected chi connectivity index (χ2v) is 5.74. The van der Waals surface area contributed by atoms with Crippen molar-refractivity contribution in [2.45, 2.75) is 20.3 Å². The number of hydrogen-bond acceptors (Lipinski definition) is 4. The lowest BCUT2D eigenvalue weighted by atomic mass is 10.0. The second kappa shape index (κ2) is 9.99. The van der Waals surface area contributed by atoms with Gasteiger partial charge in [0.05, 0.1) is 11.4 Å². The number of pyridine rings is 1. The van der Waals surface area contributed by atoms with Crippen molar-refractivity contribution in [3.05, 3.63) is 85.0 Å². The normalized spacial score (nSPS) is 12.7. The van der Waals surface area contributed by atoms with Crippen LogP contribution >= 0.6 is 0 Å². The predicted octanol–water partition coefficient (Wildman–Crippen LogP) is 5.52. The van der Waals surface area contributed by atoms with Crippen molar-refractivity contribution in [2.75, 3.05) is 17.7 Å². The maximum Gasteiger partial charge on any atom is 0.0676 e. The molecule has 134 valence electrons. The Kier molecular flexibility index (Phi) is 7.37. The van der Waals surface area contributed by atoms with Crippen molar-refractivity contribution in [2.24, 2.45) is 4.99 Å². The van der Waals surface area contributed by atoms with Crippen molar-refractivity contribution in [1.29, 1.82) is 0 Å². The first-order valence-corrected chi connectivity index (χ1v) is 8.65. The molecule has 2 heterocycles. The van der Waals surface area contributed by atoms with Gasteiger partial charge in [-0.3, -0.25) is 9.98 Å². The van der Waals surface area contributed by atoms with Crippen LogP contribution in [0.2, 0.25) is 0 Å². The molecule has 0 amide bonds. The average Bonchev–Trinajstić information content (AvgIpc) is 3.19. The zero-order valence-electron chi connectivity index (χ0n) is 15.7. The summed E-state index contributed by atoms with van der Waals surface area (Å²) in [6.07, 6.45) is 10.3. The van der Waals surface area contributed by atoms with Crippen LogP contribution in [0.5, 0.6) is 0 Å². The maximum atomic E-state index is 4.49. The van der Waals surface area contributed by atoms with Gasteiger partial charge in [0.15, 0.2) is 0 Å². The van der Waals surface area contributed by atoms with Gasteiger partial charge in [0.2, 0.25) is 0 Å². The molecule has 3 rings (SSSR count). The maximum absolute atomic E-state index is 4.49. The van der Waals surface area contributed by atoms with Gasteiger partial charge < -0.3 is 10.6 Å². The van der Waals surface area contributed by atoms with Crippen molar-refractivity contribution in [1.82, 2.24) is 4.98 Å². The van der Waals surface area contributed by atoms with Gasteiger partial charge in [-0.2, -0.15) is 0 Å². The van der Waals surface area contributed by atoms with Crippen molar-refractivity contribution >= 4 is 22.7 Å². The van der Waals surface area contributed by atoms with Crippen molar-refractivity contribution in [3.63, 3.8) is 0 Å². The van der Waals surface area contributed by atoms with Crippen LogP contribution < -0.4 is 10.6 Å². The highest BCUT2D eigenvalue weighted by atomic mass is 14.9. The highest BCUT2D eigenvalue weighted by Crippen LogP contribution is 2.26. The van der Waals surface area contributed by atoms with E-state index in [1.54, 1.807) is 12.4 Å². The lowest BCUT2D eigenvalue weighted by Gasteiger charge is -2.11. The van der Waals surface area contributed by atoms with Crippen LogP contribution in [0.4, 0.5) is 11.4 Å². The van der Waals surface area contributed by atoms with E-state index in [2.05, 4.69) is 27.2 Å². The standard InChI is InChI=1S/C18H18N4.C4H8/c1-13(22-17-5-3-4-16(11-17)19-2)18-10-15(12-21-18)14-6-8-20-9-7-14;1-3-4-2/h3-9,11-12,19,22H,1,10H2,2H3;3-4H,1-2H3/b;4-3-. The molecular formula is C22H26N4. The zero-order chi connectivity index (χ0) is 18.8. The molecule has 2 N–H and O–H groups in total. The Morgan fingerprint density at radius 2 is 1.77 bits per heavy atom. The minimum Gasteiger partial charge on any atom is -0.388 e. The number of nitrogens with one attached hydrogen (secondary N) is 2. The van der Waals surface area contributed by atoms with Gasteiger partial charge in [-0.05, 0) is 55.3 Å². The Bertz CT molecular complexity index is 813.